The van der Waals surface area contributed by atoms with Gasteiger partial charge in [-0.25, -0.2) is 0 Å². The molecule has 0 aromatic carbocycles. The first-order chi connectivity index (χ1) is 5.65. The lowest BCUT2D eigenvalue weighted by molar-refractivity contribution is 0.377. The van der Waals surface area contributed by atoms with E-state index in [1.54, 1.807) is 0 Å². The molecule has 1 unspecified atom stereocenters. The summed E-state index contributed by atoms with van der Waals surface area (Å²) < 4.78 is 5.60. The van der Waals surface area contributed by atoms with E-state index in [0.717, 1.165) is 17.9 Å². The summed E-state index contributed by atoms with van der Waals surface area (Å²) in [5.74, 6) is 3.41. The first-order valence-electron chi connectivity index (χ1n) is 4.71. The van der Waals surface area contributed by atoms with Crippen molar-refractivity contribution in [2.45, 2.75) is 40.0 Å². The quantitative estimate of drug-likeness (QED) is 0.666. The van der Waals surface area contributed by atoms with Crippen molar-refractivity contribution in [3.8, 4) is 0 Å². The van der Waals surface area contributed by atoms with E-state index in [1.165, 1.54) is 0 Å². The molecule has 0 saturated carbocycles. The van der Waals surface area contributed by atoms with Crippen molar-refractivity contribution in [1.82, 2.24) is 0 Å². The molecule has 0 aliphatic rings. The molecule has 68 valence electrons. The Morgan fingerprint density at radius 1 is 1.33 bits per heavy atom. The Bertz CT molecular complexity index is 235. The molecule has 0 saturated heterocycles. The molecule has 0 radical (unpaired) electrons. The Balaban J connectivity index is 2.80. The maximum absolute atomic E-state index is 5.60. The molecular formula is C11H18O. The fourth-order valence-corrected chi connectivity index (χ4v) is 1.65. The third-order valence-corrected chi connectivity index (χ3v) is 2.37. The highest BCUT2D eigenvalue weighted by molar-refractivity contribution is 5.10. The molecule has 1 atom stereocenters. The van der Waals surface area contributed by atoms with E-state index in [4.69, 9.17) is 4.42 Å². The van der Waals surface area contributed by atoms with Gasteiger partial charge in [0.1, 0.15) is 11.5 Å². The summed E-state index contributed by atoms with van der Waals surface area (Å²) in [7, 11) is 0. The number of hydrogen-bond donors (Lipinski definition) is 0. The summed E-state index contributed by atoms with van der Waals surface area (Å²) in [5.41, 5.74) is 0. The van der Waals surface area contributed by atoms with Crippen molar-refractivity contribution in [2.24, 2.45) is 5.92 Å². The number of furan rings is 1. The van der Waals surface area contributed by atoms with Gasteiger partial charge in [-0.05, 0) is 31.4 Å². The van der Waals surface area contributed by atoms with Crippen molar-refractivity contribution < 1.29 is 4.42 Å². The maximum Gasteiger partial charge on any atom is 0.107 e. The first-order valence-corrected chi connectivity index (χ1v) is 4.71. The van der Waals surface area contributed by atoms with Crippen LogP contribution in [-0.2, 0) is 0 Å². The van der Waals surface area contributed by atoms with Crippen molar-refractivity contribution >= 4 is 0 Å². The first kappa shape index (κ1) is 9.37. The minimum Gasteiger partial charge on any atom is -0.466 e. The summed E-state index contributed by atoms with van der Waals surface area (Å²) in [6.07, 6.45) is 1.16. The molecule has 1 aromatic heterocycles. The average molecular weight is 166 g/mol. The van der Waals surface area contributed by atoms with E-state index >= 15 is 0 Å². The highest BCUT2D eigenvalue weighted by Gasteiger charge is 2.16. The van der Waals surface area contributed by atoms with Crippen LogP contribution in [0.3, 0.4) is 0 Å². The zero-order valence-electron chi connectivity index (χ0n) is 8.42. The van der Waals surface area contributed by atoms with Gasteiger partial charge in [-0.3, -0.25) is 0 Å². The van der Waals surface area contributed by atoms with Crippen LogP contribution < -0.4 is 0 Å². The molecule has 1 nitrogen and oxygen atoms in total. The molecule has 0 fully saturated rings. The average Bonchev–Trinajstić information content (AvgIpc) is 2.37. The van der Waals surface area contributed by atoms with Gasteiger partial charge in [-0.1, -0.05) is 20.8 Å². The third kappa shape index (κ3) is 1.90. The third-order valence-electron chi connectivity index (χ3n) is 2.37. The van der Waals surface area contributed by atoms with E-state index in [-0.39, 0.29) is 0 Å². The minimum absolute atomic E-state index is 0.582. The van der Waals surface area contributed by atoms with Crippen molar-refractivity contribution in [1.29, 1.82) is 0 Å². The van der Waals surface area contributed by atoms with Crippen LogP contribution in [0.1, 0.15) is 44.6 Å². The largest absolute Gasteiger partial charge is 0.466 e. The molecule has 12 heavy (non-hydrogen) atoms. The van der Waals surface area contributed by atoms with Crippen molar-refractivity contribution in [3.05, 3.63) is 23.7 Å². The molecule has 1 heterocycles. The molecule has 0 aliphatic carbocycles. The molecular weight excluding hydrogens is 148 g/mol. The van der Waals surface area contributed by atoms with Gasteiger partial charge >= 0.3 is 0 Å². The van der Waals surface area contributed by atoms with Crippen LogP contribution in [0.4, 0.5) is 0 Å². The molecule has 1 rings (SSSR count). The Morgan fingerprint density at radius 3 is 2.33 bits per heavy atom. The molecule has 1 heteroatoms. The molecule has 0 aliphatic heterocycles. The van der Waals surface area contributed by atoms with Crippen LogP contribution >= 0.6 is 0 Å². The Morgan fingerprint density at radius 2 is 2.00 bits per heavy atom. The number of hydrogen-bond acceptors (Lipinski definition) is 1. The Hall–Kier alpha value is -0.720. The Kier molecular flexibility index (Phi) is 2.96. The fraction of sp³-hybridized carbons (Fsp3) is 0.636. The SMILES string of the molecule is CCC(c1ccc(C)o1)C(C)C. The summed E-state index contributed by atoms with van der Waals surface area (Å²) in [6, 6.07) is 4.14. The van der Waals surface area contributed by atoms with Crippen LogP contribution in [0, 0.1) is 12.8 Å². The van der Waals surface area contributed by atoms with Gasteiger partial charge in [0.15, 0.2) is 0 Å². The van der Waals surface area contributed by atoms with E-state index in [9.17, 15) is 0 Å². The second-order valence-corrected chi connectivity index (χ2v) is 3.71. The van der Waals surface area contributed by atoms with Gasteiger partial charge in [-0.2, -0.15) is 0 Å². The summed E-state index contributed by atoms with van der Waals surface area (Å²) in [5, 5.41) is 0. The molecule has 0 amide bonds. The van der Waals surface area contributed by atoms with Gasteiger partial charge < -0.3 is 4.42 Å². The second kappa shape index (κ2) is 3.79. The van der Waals surface area contributed by atoms with Crippen LogP contribution in [0.25, 0.3) is 0 Å². The zero-order chi connectivity index (χ0) is 9.14. The standard InChI is InChI=1S/C11H18O/c1-5-10(8(2)3)11-7-6-9(4)12-11/h6-8,10H,5H2,1-4H3. The smallest absolute Gasteiger partial charge is 0.107 e. The van der Waals surface area contributed by atoms with Crippen LogP contribution in [0.2, 0.25) is 0 Å². The van der Waals surface area contributed by atoms with Crippen molar-refractivity contribution in [2.75, 3.05) is 0 Å². The van der Waals surface area contributed by atoms with Crippen molar-refractivity contribution in [3.63, 3.8) is 0 Å². The summed E-state index contributed by atoms with van der Waals surface area (Å²) in [4.78, 5) is 0. The highest BCUT2D eigenvalue weighted by Crippen LogP contribution is 2.28. The summed E-state index contributed by atoms with van der Waals surface area (Å²) in [6.45, 7) is 8.69. The van der Waals surface area contributed by atoms with Gasteiger partial charge in [0.2, 0.25) is 0 Å². The molecule has 0 bridgehead atoms. The zero-order valence-corrected chi connectivity index (χ0v) is 8.42. The minimum atomic E-state index is 0.582. The van der Waals surface area contributed by atoms with E-state index in [2.05, 4.69) is 26.8 Å². The van der Waals surface area contributed by atoms with Crippen LogP contribution in [0.5, 0.6) is 0 Å². The predicted octanol–water partition coefficient (Wildman–Crippen LogP) is 3.74. The molecule has 0 N–H and O–H groups in total. The highest BCUT2D eigenvalue weighted by atomic mass is 16.3. The number of aryl methyl sites for hydroxylation is 1. The lowest BCUT2D eigenvalue weighted by atomic mass is 9.91. The number of rotatable bonds is 3. The van der Waals surface area contributed by atoms with Gasteiger partial charge in [0.25, 0.3) is 0 Å². The summed E-state index contributed by atoms with van der Waals surface area (Å²) >= 11 is 0. The van der Waals surface area contributed by atoms with Gasteiger partial charge in [-0.15, -0.1) is 0 Å². The second-order valence-electron chi connectivity index (χ2n) is 3.71. The van der Waals surface area contributed by atoms with Crippen LogP contribution in [-0.4, -0.2) is 0 Å². The molecule has 0 spiro atoms. The van der Waals surface area contributed by atoms with Gasteiger partial charge in [0, 0.05) is 5.92 Å². The fourth-order valence-electron chi connectivity index (χ4n) is 1.65. The van der Waals surface area contributed by atoms with E-state index in [0.29, 0.717) is 11.8 Å². The predicted molar refractivity (Wildman–Crippen MR) is 51.3 cm³/mol. The maximum atomic E-state index is 5.60. The Labute approximate surface area is 74.8 Å². The lowest BCUT2D eigenvalue weighted by Gasteiger charge is -2.15. The lowest BCUT2D eigenvalue weighted by Crippen LogP contribution is -2.03. The van der Waals surface area contributed by atoms with Gasteiger partial charge in [0.05, 0.1) is 0 Å². The normalized spacial score (nSPS) is 13.8. The van der Waals surface area contributed by atoms with E-state index < -0.39 is 0 Å². The topological polar surface area (TPSA) is 13.1 Å². The monoisotopic (exact) mass is 166 g/mol. The van der Waals surface area contributed by atoms with Crippen LogP contribution in [0.15, 0.2) is 16.5 Å². The van der Waals surface area contributed by atoms with E-state index in [1.807, 2.05) is 13.0 Å². The molecule has 1 aromatic rings.